The lowest BCUT2D eigenvalue weighted by Crippen LogP contribution is -1.96. The standard InChI is InChI=1S/C10H10NS/c11-9-5-2-1-4-8(9)10-6-3-7-12-10/h1-5,7H,6,11H2. The van der Waals surface area contributed by atoms with Crippen LogP contribution in [0, 0.1) is 5.25 Å². The second-order valence-electron chi connectivity index (χ2n) is 2.70. The van der Waals surface area contributed by atoms with E-state index in [1.165, 1.54) is 10.8 Å². The third-order valence-electron chi connectivity index (χ3n) is 1.87. The van der Waals surface area contributed by atoms with Crippen LogP contribution in [0.2, 0.25) is 0 Å². The van der Waals surface area contributed by atoms with Crippen molar-refractivity contribution in [2.75, 3.05) is 5.73 Å². The molecular formula is C10H10NS. The number of rotatable bonds is 1. The van der Waals surface area contributed by atoms with E-state index in [0.29, 0.717) is 0 Å². The molecule has 0 atom stereocenters. The van der Waals surface area contributed by atoms with Crippen LogP contribution in [0.15, 0.2) is 35.7 Å². The van der Waals surface area contributed by atoms with Crippen molar-refractivity contribution in [3.05, 3.63) is 46.6 Å². The highest BCUT2D eigenvalue weighted by atomic mass is 32.2. The smallest absolute Gasteiger partial charge is 0.0698 e. The fourth-order valence-electron chi connectivity index (χ4n) is 1.26. The minimum Gasteiger partial charge on any atom is -0.398 e. The molecule has 0 fully saturated rings. The molecule has 0 amide bonds. The maximum Gasteiger partial charge on any atom is 0.0698 e. The van der Waals surface area contributed by atoms with Crippen LogP contribution >= 0.6 is 11.8 Å². The van der Waals surface area contributed by atoms with Crippen molar-refractivity contribution >= 4 is 17.4 Å². The number of hydrogen-bond acceptors (Lipinski definition) is 2. The number of anilines is 1. The first-order valence-corrected chi connectivity index (χ1v) is 4.78. The van der Waals surface area contributed by atoms with Crippen molar-refractivity contribution in [3.8, 4) is 0 Å². The Morgan fingerprint density at radius 2 is 2.08 bits per heavy atom. The molecular weight excluding hydrogens is 166 g/mol. The molecule has 0 aromatic heterocycles. The van der Waals surface area contributed by atoms with Crippen LogP contribution < -0.4 is 5.73 Å². The number of allylic oxidation sites excluding steroid dienone is 1. The molecule has 2 N–H and O–H groups in total. The highest BCUT2D eigenvalue weighted by Crippen LogP contribution is 2.39. The highest BCUT2D eigenvalue weighted by molar-refractivity contribution is 8.05. The van der Waals surface area contributed by atoms with Gasteiger partial charge >= 0.3 is 0 Å². The summed E-state index contributed by atoms with van der Waals surface area (Å²) in [4.78, 5) is 0. The van der Waals surface area contributed by atoms with Crippen molar-refractivity contribution in [1.82, 2.24) is 0 Å². The SMILES string of the molecule is Nc1ccccc1[C]1CC=CS1. The molecule has 12 heavy (non-hydrogen) atoms. The summed E-state index contributed by atoms with van der Waals surface area (Å²) in [7, 11) is 0. The van der Waals surface area contributed by atoms with Crippen molar-refractivity contribution < 1.29 is 0 Å². The summed E-state index contributed by atoms with van der Waals surface area (Å²) in [6.45, 7) is 0. The van der Waals surface area contributed by atoms with E-state index in [1.807, 2.05) is 18.2 Å². The van der Waals surface area contributed by atoms with E-state index >= 15 is 0 Å². The molecule has 1 aromatic rings. The molecule has 0 bridgehead atoms. The van der Waals surface area contributed by atoms with E-state index in [9.17, 15) is 0 Å². The number of para-hydroxylation sites is 1. The second-order valence-corrected chi connectivity index (χ2v) is 3.70. The molecule has 2 heteroatoms. The van der Waals surface area contributed by atoms with Crippen LogP contribution in [0.5, 0.6) is 0 Å². The molecule has 0 spiro atoms. The van der Waals surface area contributed by atoms with Crippen LogP contribution in [0.1, 0.15) is 12.0 Å². The van der Waals surface area contributed by atoms with Gasteiger partial charge in [0.1, 0.15) is 0 Å². The summed E-state index contributed by atoms with van der Waals surface area (Å²) < 4.78 is 0. The lowest BCUT2D eigenvalue weighted by Gasteiger charge is -2.09. The molecule has 1 aromatic carbocycles. The summed E-state index contributed by atoms with van der Waals surface area (Å²) in [6.07, 6.45) is 3.19. The van der Waals surface area contributed by atoms with Gasteiger partial charge in [-0.1, -0.05) is 24.3 Å². The zero-order valence-corrected chi connectivity index (χ0v) is 7.47. The second kappa shape index (κ2) is 3.23. The van der Waals surface area contributed by atoms with Crippen LogP contribution in [-0.2, 0) is 0 Å². The number of benzene rings is 1. The Kier molecular flexibility index (Phi) is 2.09. The van der Waals surface area contributed by atoms with E-state index in [4.69, 9.17) is 5.73 Å². The number of nitrogen functional groups attached to an aromatic ring is 1. The maximum atomic E-state index is 5.84. The molecule has 1 aliphatic heterocycles. The molecule has 0 aliphatic carbocycles. The Hall–Kier alpha value is -0.890. The number of thioether (sulfide) groups is 1. The highest BCUT2D eigenvalue weighted by Gasteiger charge is 2.16. The Morgan fingerprint density at radius 1 is 1.25 bits per heavy atom. The Labute approximate surface area is 76.7 Å². The zero-order valence-electron chi connectivity index (χ0n) is 6.66. The van der Waals surface area contributed by atoms with Crippen molar-refractivity contribution in [1.29, 1.82) is 0 Å². The number of hydrogen-bond donors (Lipinski definition) is 1. The van der Waals surface area contributed by atoms with Gasteiger partial charge < -0.3 is 5.73 Å². The Bertz CT molecular complexity index is 298. The third-order valence-corrected chi connectivity index (χ3v) is 2.87. The van der Waals surface area contributed by atoms with Crippen LogP contribution in [0.25, 0.3) is 0 Å². The zero-order chi connectivity index (χ0) is 8.39. The molecule has 61 valence electrons. The van der Waals surface area contributed by atoms with Crippen molar-refractivity contribution in [2.45, 2.75) is 6.42 Å². The normalized spacial score (nSPS) is 17.0. The van der Waals surface area contributed by atoms with Gasteiger partial charge in [-0.2, -0.15) is 0 Å². The molecule has 2 rings (SSSR count). The molecule has 1 heterocycles. The van der Waals surface area contributed by atoms with Crippen LogP contribution in [-0.4, -0.2) is 0 Å². The summed E-state index contributed by atoms with van der Waals surface area (Å²) in [6, 6.07) is 8.01. The average molecular weight is 176 g/mol. The summed E-state index contributed by atoms with van der Waals surface area (Å²) >= 11 is 1.77. The van der Waals surface area contributed by atoms with E-state index < -0.39 is 0 Å². The average Bonchev–Trinajstić information content (AvgIpc) is 2.57. The fraction of sp³-hybridized carbons (Fsp3) is 0.100. The number of nitrogens with two attached hydrogens (primary N) is 1. The topological polar surface area (TPSA) is 26.0 Å². The third kappa shape index (κ3) is 1.34. The quantitative estimate of drug-likeness (QED) is 0.666. The molecule has 0 unspecified atom stereocenters. The molecule has 1 nitrogen and oxygen atoms in total. The van der Waals surface area contributed by atoms with E-state index in [2.05, 4.69) is 17.6 Å². The van der Waals surface area contributed by atoms with Gasteiger partial charge in [-0.05, 0) is 23.5 Å². The van der Waals surface area contributed by atoms with Crippen molar-refractivity contribution in [3.63, 3.8) is 0 Å². The molecule has 1 aliphatic rings. The minimum absolute atomic E-state index is 0.878. The molecule has 1 radical (unpaired) electrons. The first-order chi connectivity index (χ1) is 5.88. The van der Waals surface area contributed by atoms with Crippen LogP contribution in [0.4, 0.5) is 5.69 Å². The van der Waals surface area contributed by atoms with Gasteiger partial charge in [-0.25, -0.2) is 0 Å². The van der Waals surface area contributed by atoms with E-state index in [0.717, 1.165) is 12.1 Å². The summed E-state index contributed by atoms with van der Waals surface area (Å²) in [5, 5.41) is 3.47. The fourth-order valence-corrected chi connectivity index (χ4v) is 2.12. The van der Waals surface area contributed by atoms with E-state index in [1.54, 1.807) is 11.8 Å². The maximum absolute atomic E-state index is 5.84. The van der Waals surface area contributed by atoms with Gasteiger partial charge in [0.05, 0.1) is 5.25 Å². The van der Waals surface area contributed by atoms with Gasteiger partial charge in [0, 0.05) is 5.69 Å². The lowest BCUT2D eigenvalue weighted by atomic mass is 10.1. The molecule has 0 saturated carbocycles. The predicted octanol–water partition coefficient (Wildman–Crippen LogP) is 2.80. The van der Waals surface area contributed by atoms with Gasteiger partial charge in [-0.15, -0.1) is 11.8 Å². The first-order valence-electron chi connectivity index (χ1n) is 3.90. The van der Waals surface area contributed by atoms with Gasteiger partial charge in [0.25, 0.3) is 0 Å². The first kappa shape index (κ1) is 7.74. The Morgan fingerprint density at radius 3 is 2.75 bits per heavy atom. The van der Waals surface area contributed by atoms with Gasteiger partial charge in [0.15, 0.2) is 0 Å². The largest absolute Gasteiger partial charge is 0.398 e. The van der Waals surface area contributed by atoms with Crippen LogP contribution in [0.3, 0.4) is 0 Å². The minimum atomic E-state index is 0.878. The monoisotopic (exact) mass is 176 g/mol. The van der Waals surface area contributed by atoms with E-state index in [-0.39, 0.29) is 0 Å². The van der Waals surface area contributed by atoms with Crippen molar-refractivity contribution in [2.24, 2.45) is 0 Å². The summed E-state index contributed by atoms with van der Waals surface area (Å²) in [5.41, 5.74) is 7.90. The Balaban J connectivity index is 2.27. The van der Waals surface area contributed by atoms with Gasteiger partial charge in [0.2, 0.25) is 0 Å². The molecule has 0 saturated heterocycles. The predicted molar refractivity (Wildman–Crippen MR) is 54.5 cm³/mol. The summed E-state index contributed by atoms with van der Waals surface area (Å²) in [5.74, 6) is 0. The lowest BCUT2D eigenvalue weighted by molar-refractivity contribution is 1.22. The van der Waals surface area contributed by atoms with Gasteiger partial charge in [-0.3, -0.25) is 0 Å².